The quantitative estimate of drug-likeness (QED) is 0.125. The van der Waals surface area contributed by atoms with Crippen LogP contribution in [0.5, 0.6) is 0 Å². The Balaban J connectivity index is 0.00000163. The molecule has 26 heavy (non-hydrogen) atoms. The summed E-state index contributed by atoms with van der Waals surface area (Å²) >= 11 is 1.88. The maximum atomic E-state index is 12.0. The minimum Gasteiger partial charge on any atom is -0.481 e. The molecule has 1 unspecified atom stereocenters. The standard InChI is InChI=1S/C16H27N3O4S.H4N2/c17-10(5-1-4-8-14(21)22)12(20)6-2-3-7-13-15-11(9-24-13)18-16(23)19-15;1-2/h10-11,13,15H,1-9,17H2,(H,21,22)(H2,18,19,23);1-2H2/t10?,11-,13-,15-;/m0./s1. The van der Waals surface area contributed by atoms with Gasteiger partial charge in [-0.1, -0.05) is 12.8 Å². The van der Waals surface area contributed by atoms with E-state index >= 15 is 0 Å². The van der Waals surface area contributed by atoms with Crippen LogP contribution in [-0.4, -0.2) is 52.0 Å². The fraction of sp³-hybridized carbons (Fsp3) is 0.812. The van der Waals surface area contributed by atoms with Gasteiger partial charge >= 0.3 is 12.0 Å². The van der Waals surface area contributed by atoms with Crippen molar-refractivity contribution in [2.45, 2.75) is 74.7 Å². The van der Waals surface area contributed by atoms with Gasteiger partial charge in [-0.3, -0.25) is 21.3 Å². The number of urea groups is 1. The summed E-state index contributed by atoms with van der Waals surface area (Å²) in [4.78, 5) is 33.7. The number of aliphatic carboxylic acids is 1. The molecule has 10 heteroatoms. The van der Waals surface area contributed by atoms with Crippen LogP contribution in [0.2, 0.25) is 0 Å². The predicted molar refractivity (Wildman–Crippen MR) is 101 cm³/mol. The average molecular weight is 390 g/mol. The van der Waals surface area contributed by atoms with Crippen LogP contribution < -0.4 is 28.1 Å². The molecule has 2 aliphatic rings. The van der Waals surface area contributed by atoms with Crippen molar-refractivity contribution in [2.75, 3.05) is 5.75 Å². The summed E-state index contributed by atoms with van der Waals surface area (Å²) in [7, 11) is 0. The lowest BCUT2D eigenvalue weighted by molar-refractivity contribution is -0.137. The fourth-order valence-electron chi connectivity index (χ4n) is 3.27. The summed E-state index contributed by atoms with van der Waals surface area (Å²) in [5.74, 6) is 8.21. The summed E-state index contributed by atoms with van der Waals surface area (Å²) in [6, 6.07) is -0.0789. The van der Waals surface area contributed by atoms with E-state index in [2.05, 4.69) is 22.3 Å². The lowest BCUT2D eigenvalue weighted by Gasteiger charge is -2.16. The maximum absolute atomic E-state index is 12.0. The molecule has 2 saturated heterocycles. The first-order valence-corrected chi connectivity index (χ1v) is 10.0. The number of thioether (sulfide) groups is 1. The van der Waals surface area contributed by atoms with E-state index in [1.165, 1.54) is 0 Å². The highest BCUT2D eigenvalue weighted by atomic mass is 32.2. The van der Waals surface area contributed by atoms with E-state index in [9.17, 15) is 14.4 Å². The molecular formula is C16H31N5O4S. The number of hydrogen-bond acceptors (Lipinski definition) is 7. The van der Waals surface area contributed by atoms with Gasteiger partial charge in [0.05, 0.1) is 18.1 Å². The first kappa shape index (κ1) is 22.7. The van der Waals surface area contributed by atoms with Crippen LogP contribution in [0.1, 0.15) is 51.4 Å². The number of carbonyl (C=O) groups is 3. The van der Waals surface area contributed by atoms with Crippen molar-refractivity contribution < 1.29 is 19.5 Å². The highest BCUT2D eigenvalue weighted by molar-refractivity contribution is 8.00. The molecule has 9 nitrogen and oxygen atoms in total. The Morgan fingerprint density at radius 3 is 2.54 bits per heavy atom. The Hall–Kier alpha value is -1.36. The van der Waals surface area contributed by atoms with Crippen molar-refractivity contribution in [3.63, 3.8) is 0 Å². The third-order valence-corrected chi connectivity index (χ3v) is 6.18. The van der Waals surface area contributed by atoms with Crippen LogP contribution >= 0.6 is 11.8 Å². The Kier molecular flexibility index (Phi) is 10.6. The van der Waals surface area contributed by atoms with Gasteiger partial charge in [-0.2, -0.15) is 11.8 Å². The van der Waals surface area contributed by atoms with Gasteiger partial charge < -0.3 is 21.5 Å². The molecule has 2 fully saturated rings. The number of carbonyl (C=O) groups excluding carboxylic acids is 2. The van der Waals surface area contributed by atoms with Gasteiger partial charge in [-0.05, 0) is 25.7 Å². The first-order valence-electron chi connectivity index (χ1n) is 8.99. The Bertz CT molecular complexity index is 480. The zero-order valence-electron chi connectivity index (χ0n) is 15.0. The number of amides is 2. The van der Waals surface area contributed by atoms with Crippen molar-refractivity contribution in [1.82, 2.24) is 10.6 Å². The van der Waals surface area contributed by atoms with Gasteiger partial charge in [0.25, 0.3) is 0 Å². The van der Waals surface area contributed by atoms with Crippen molar-refractivity contribution in [3.8, 4) is 0 Å². The molecule has 2 heterocycles. The number of rotatable bonds is 11. The Labute approximate surface area is 158 Å². The molecule has 0 aromatic rings. The molecule has 0 spiro atoms. The van der Waals surface area contributed by atoms with E-state index in [1.54, 1.807) is 0 Å². The molecular weight excluding hydrogens is 358 g/mol. The number of hydrogen-bond donors (Lipinski definition) is 6. The topological polar surface area (TPSA) is 174 Å². The van der Waals surface area contributed by atoms with Gasteiger partial charge in [0.15, 0.2) is 0 Å². The van der Waals surface area contributed by atoms with Crippen molar-refractivity contribution >= 4 is 29.5 Å². The molecule has 9 N–H and O–H groups in total. The van der Waals surface area contributed by atoms with E-state index in [1.807, 2.05) is 11.8 Å². The molecule has 0 aliphatic carbocycles. The van der Waals surface area contributed by atoms with Gasteiger partial charge in [0, 0.05) is 23.8 Å². The molecule has 2 amide bonds. The molecule has 0 saturated carbocycles. The van der Waals surface area contributed by atoms with Crippen molar-refractivity contribution in [2.24, 2.45) is 17.4 Å². The lowest BCUT2D eigenvalue weighted by atomic mass is 9.99. The maximum Gasteiger partial charge on any atom is 0.315 e. The van der Waals surface area contributed by atoms with Crippen LogP contribution in [-0.2, 0) is 9.59 Å². The van der Waals surface area contributed by atoms with E-state index in [4.69, 9.17) is 10.8 Å². The van der Waals surface area contributed by atoms with E-state index < -0.39 is 12.0 Å². The molecule has 4 atom stereocenters. The number of nitrogens with one attached hydrogen (secondary N) is 2. The number of Topliss-reactive ketones (excluding diaryl/α,β-unsaturated/α-hetero) is 1. The zero-order chi connectivity index (χ0) is 19.5. The van der Waals surface area contributed by atoms with Gasteiger partial charge in [0.2, 0.25) is 0 Å². The second kappa shape index (κ2) is 12.1. The van der Waals surface area contributed by atoms with Crippen LogP contribution in [0.4, 0.5) is 4.79 Å². The third kappa shape index (κ3) is 7.48. The highest BCUT2D eigenvalue weighted by Crippen LogP contribution is 2.33. The molecule has 0 aromatic heterocycles. The number of carboxylic acids is 1. The van der Waals surface area contributed by atoms with Gasteiger partial charge in [0.1, 0.15) is 5.78 Å². The average Bonchev–Trinajstić information content (AvgIpc) is 3.16. The molecule has 0 radical (unpaired) electrons. The summed E-state index contributed by atoms with van der Waals surface area (Å²) in [6.07, 6.45) is 5.18. The zero-order valence-corrected chi connectivity index (χ0v) is 15.8. The summed E-state index contributed by atoms with van der Waals surface area (Å²) < 4.78 is 0. The normalized spacial score (nSPS) is 24.7. The van der Waals surface area contributed by atoms with E-state index in [0.717, 1.165) is 25.0 Å². The van der Waals surface area contributed by atoms with Crippen molar-refractivity contribution in [1.29, 1.82) is 0 Å². The molecule has 0 aromatic carbocycles. The smallest absolute Gasteiger partial charge is 0.315 e. The molecule has 0 bridgehead atoms. The number of unbranched alkanes of at least 4 members (excludes halogenated alkanes) is 2. The number of fused-ring (bicyclic) bond motifs is 1. The van der Waals surface area contributed by atoms with E-state index in [0.29, 0.717) is 30.9 Å². The van der Waals surface area contributed by atoms with Crippen LogP contribution in [0, 0.1) is 0 Å². The van der Waals surface area contributed by atoms with Crippen LogP contribution in [0.3, 0.4) is 0 Å². The van der Waals surface area contributed by atoms with Gasteiger partial charge in [-0.15, -0.1) is 0 Å². The highest BCUT2D eigenvalue weighted by Gasteiger charge is 2.42. The summed E-state index contributed by atoms with van der Waals surface area (Å²) in [6.45, 7) is 0. The number of carboxylic acid groups (broad SMARTS) is 1. The SMILES string of the molecule is NC(CCCCC(=O)O)C(=O)CCCC[C@@H]1SC[C@@H]2NC(=O)N[C@@H]21.NN. The Morgan fingerprint density at radius 2 is 1.85 bits per heavy atom. The second-order valence-electron chi connectivity index (χ2n) is 6.58. The lowest BCUT2D eigenvalue weighted by Crippen LogP contribution is -2.36. The predicted octanol–water partition coefficient (Wildman–Crippen LogP) is 0.0724. The first-order chi connectivity index (χ1) is 12.5. The van der Waals surface area contributed by atoms with Crippen LogP contribution in [0.25, 0.3) is 0 Å². The number of nitrogens with two attached hydrogens (primary N) is 3. The Morgan fingerprint density at radius 1 is 1.15 bits per heavy atom. The van der Waals surface area contributed by atoms with Crippen molar-refractivity contribution in [3.05, 3.63) is 0 Å². The number of hydrazine groups is 1. The fourth-order valence-corrected chi connectivity index (χ4v) is 4.82. The monoisotopic (exact) mass is 389 g/mol. The number of ketones is 1. The molecule has 2 aliphatic heterocycles. The minimum absolute atomic E-state index is 0.0677. The molecule has 150 valence electrons. The second-order valence-corrected chi connectivity index (χ2v) is 7.85. The van der Waals surface area contributed by atoms with Gasteiger partial charge in [-0.25, -0.2) is 4.79 Å². The largest absolute Gasteiger partial charge is 0.481 e. The summed E-state index contributed by atoms with van der Waals surface area (Å²) in [5, 5.41) is 14.9. The van der Waals surface area contributed by atoms with E-state index in [-0.39, 0.29) is 30.3 Å². The summed E-state index contributed by atoms with van der Waals surface area (Å²) in [5.41, 5.74) is 5.87. The third-order valence-electron chi connectivity index (χ3n) is 4.67. The minimum atomic E-state index is -0.810. The molecule has 2 rings (SSSR count). The van der Waals surface area contributed by atoms with Crippen LogP contribution in [0.15, 0.2) is 0 Å².